The van der Waals surface area contributed by atoms with E-state index >= 15 is 0 Å². The first kappa shape index (κ1) is 35.6. The molecular weight excluding hydrogens is 546 g/mol. The maximum Gasteiger partial charge on any atom is 0.262 e. The van der Waals surface area contributed by atoms with Gasteiger partial charge in [0.1, 0.15) is 11.5 Å². The van der Waals surface area contributed by atoms with Gasteiger partial charge < -0.3 is 24.9 Å². The molecule has 10 heteroatoms. The highest BCUT2D eigenvalue weighted by Crippen LogP contribution is 2.34. The van der Waals surface area contributed by atoms with Crippen LogP contribution in [0.5, 0.6) is 5.75 Å². The van der Waals surface area contributed by atoms with Crippen molar-refractivity contribution >= 4 is 28.3 Å². The van der Waals surface area contributed by atoms with Gasteiger partial charge in [0, 0.05) is 56.4 Å². The number of nitrogens with one attached hydrogen (secondary N) is 1. The number of primary amides is 1. The minimum atomic E-state index is -0.904. The third-order valence-electron chi connectivity index (χ3n) is 7.45. The molecule has 4 N–H and O–H groups in total. The van der Waals surface area contributed by atoms with Gasteiger partial charge in [-0.3, -0.25) is 20.0 Å². The molecule has 0 spiro atoms. The van der Waals surface area contributed by atoms with Gasteiger partial charge in [-0.25, -0.2) is 4.98 Å². The SMILES string of the molecule is CC.CCC(=O)CCCCCCc1ncc(-c2cc3cccnc3cc2OC)o1.CN1CCC(O)(CC(=N)C(N)=O)CC1. The first-order valence-electron chi connectivity index (χ1n) is 15.3. The van der Waals surface area contributed by atoms with Crippen molar-refractivity contribution in [2.24, 2.45) is 5.73 Å². The number of nitrogens with two attached hydrogens (primary N) is 1. The molecule has 0 atom stereocenters. The predicted molar refractivity (Wildman–Crippen MR) is 170 cm³/mol. The van der Waals surface area contributed by atoms with Crippen LogP contribution >= 0.6 is 0 Å². The number of aryl methyl sites for hydroxylation is 1. The molecule has 2 aromatic heterocycles. The van der Waals surface area contributed by atoms with E-state index in [1.54, 1.807) is 19.5 Å². The second kappa shape index (κ2) is 18.1. The van der Waals surface area contributed by atoms with Crippen LogP contribution in [-0.2, 0) is 16.0 Å². The van der Waals surface area contributed by atoms with Gasteiger partial charge in [0.05, 0.1) is 35.7 Å². The Morgan fingerprint density at radius 2 is 1.84 bits per heavy atom. The standard InChI is InChI=1S/C22H26N2O3.C9H17N3O2.C2H6/c1-3-17(25)10-6-4-5-7-11-22-24-15-21(27-22)18-13-16-9-8-12-23-19(16)14-20(18)26-2;1-12-4-2-9(14,3-5-12)6-7(10)8(11)13;1-2/h8-9,12-15H,3-7,10-11H2,1-2H3;10,14H,2-6H2,1H3,(H2,11,13);1-2H3. The Hall–Kier alpha value is -3.63. The number of hydrogen-bond donors (Lipinski definition) is 3. The number of unbranched alkanes of at least 4 members (excludes halogenated alkanes) is 3. The summed E-state index contributed by atoms with van der Waals surface area (Å²) in [5, 5.41) is 18.4. The van der Waals surface area contributed by atoms with E-state index in [-0.39, 0.29) is 12.1 Å². The number of aromatic nitrogens is 2. The summed E-state index contributed by atoms with van der Waals surface area (Å²) in [6.45, 7) is 7.51. The van der Waals surface area contributed by atoms with Crippen molar-refractivity contribution in [3.63, 3.8) is 0 Å². The molecule has 236 valence electrons. The lowest BCUT2D eigenvalue weighted by Gasteiger charge is -2.36. The number of aliphatic hydroxyl groups is 1. The smallest absolute Gasteiger partial charge is 0.262 e. The largest absolute Gasteiger partial charge is 0.496 e. The molecular formula is C33H49N5O5. The number of ether oxygens (including phenoxy) is 1. The van der Waals surface area contributed by atoms with Gasteiger partial charge in [-0.15, -0.1) is 0 Å². The predicted octanol–water partition coefficient (Wildman–Crippen LogP) is 5.73. The zero-order valence-corrected chi connectivity index (χ0v) is 26.4. The quantitative estimate of drug-likeness (QED) is 0.167. The van der Waals surface area contributed by atoms with E-state index in [2.05, 4.69) is 14.9 Å². The topological polar surface area (TPSA) is 156 Å². The Morgan fingerprint density at radius 3 is 2.49 bits per heavy atom. The lowest BCUT2D eigenvalue weighted by atomic mass is 9.86. The zero-order valence-electron chi connectivity index (χ0n) is 26.4. The summed E-state index contributed by atoms with van der Waals surface area (Å²) in [4.78, 5) is 32.8. The van der Waals surface area contributed by atoms with Gasteiger partial charge >= 0.3 is 0 Å². The number of benzene rings is 1. The van der Waals surface area contributed by atoms with Crippen LogP contribution in [0.2, 0.25) is 0 Å². The van der Waals surface area contributed by atoms with E-state index in [9.17, 15) is 14.7 Å². The number of pyridine rings is 1. The van der Waals surface area contributed by atoms with Gasteiger partial charge in [0.15, 0.2) is 11.7 Å². The lowest BCUT2D eigenvalue weighted by molar-refractivity contribution is -0.118. The molecule has 1 aliphatic heterocycles. The molecule has 3 heterocycles. The monoisotopic (exact) mass is 595 g/mol. The van der Waals surface area contributed by atoms with Crippen molar-refractivity contribution in [1.29, 1.82) is 5.41 Å². The van der Waals surface area contributed by atoms with Crippen molar-refractivity contribution in [3.05, 3.63) is 42.5 Å². The maximum atomic E-state index is 11.3. The van der Waals surface area contributed by atoms with Crippen LogP contribution in [0.1, 0.15) is 84.4 Å². The molecule has 10 nitrogen and oxygen atoms in total. The molecule has 1 saturated heterocycles. The Kier molecular flexibility index (Phi) is 15.0. The van der Waals surface area contributed by atoms with Crippen molar-refractivity contribution in [2.75, 3.05) is 27.2 Å². The van der Waals surface area contributed by atoms with Gasteiger partial charge in [0.25, 0.3) is 5.91 Å². The summed E-state index contributed by atoms with van der Waals surface area (Å²) in [6.07, 6.45) is 11.1. The molecule has 0 bridgehead atoms. The fourth-order valence-electron chi connectivity index (χ4n) is 4.77. The molecule has 0 aliphatic carbocycles. The van der Waals surface area contributed by atoms with Crippen LogP contribution in [0.3, 0.4) is 0 Å². The average Bonchev–Trinajstić information content (AvgIpc) is 3.49. The first-order valence-corrected chi connectivity index (χ1v) is 15.3. The second-order valence-electron chi connectivity index (χ2n) is 10.7. The van der Waals surface area contributed by atoms with Crippen LogP contribution in [0.25, 0.3) is 22.2 Å². The van der Waals surface area contributed by atoms with Crippen LogP contribution < -0.4 is 10.5 Å². The highest BCUT2D eigenvalue weighted by atomic mass is 16.5. The number of oxazole rings is 1. The Bertz CT molecular complexity index is 1310. The van der Waals surface area contributed by atoms with E-state index in [0.29, 0.717) is 37.2 Å². The Labute approximate surface area is 255 Å². The molecule has 1 aromatic carbocycles. The van der Waals surface area contributed by atoms with Crippen LogP contribution in [0.15, 0.2) is 41.1 Å². The number of Topliss-reactive ketones (excluding diaryl/α,β-unsaturated/α-hetero) is 1. The summed E-state index contributed by atoms with van der Waals surface area (Å²) < 4.78 is 11.5. The number of amides is 1. The van der Waals surface area contributed by atoms with Gasteiger partial charge in [0.2, 0.25) is 0 Å². The third-order valence-corrected chi connectivity index (χ3v) is 7.45. The van der Waals surface area contributed by atoms with Gasteiger partial charge in [-0.1, -0.05) is 39.7 Å². The summed E-state index contributed by atoms with van der Waals surface area (Å²) in [5.74, 6) is 1.79. The van der Waals surface area contributed by atoms with Gasteiger partial charge in [-0.2, -0.15) is 0 Å². The molecule has 1 amide bonds. The number of nitrogens with zero attached hydrogens (tertiary/aromatic N) is 3. The lowest BCUT2D eigenvalue weighted by Crippen LogP contribution is -2.45. The van der Waals surface area contributed by atoms with E-state index in [0.717, 1.165) is 73.3 Å². The molecule has 0 radical (unpaired) electrons. The highest BCUT2D eigenvalue weighted by Gasteiger charge is 2.33. The normalized spacial score (nSPS) is 14.2. The third kappa shape index (κ3) is 11.5. The number of carbonyl (C=O) groups excluding carboxylic acids is 2. The molecule has 0 unspecified atom stereocenters. The molecule has 43 heavy (non-hydrogen) atoms. The number of likely N-dealkylation sites (tertiary alicyclic amines) is 1. The Morgan fingerprint density at radius 1 is 1.14 bits per heavy atom. The minimum absolute atomic E-state index is 0.0795. The number of piperidine rings is 1. The number of ketones is 1. The minimum Gasteiger partial charge on any atom is -0.496 e. The average molecular weight is 596 g/mol. The van der Waals surface area contributed by atoms with E-state index in [1.807, 2.05) is 52.1 Å². The van der Waals surface area contributed by atoms with Crippen LogP contribution in [0, 0.1) is 5.41 Å². The second-order valence-corrected chi connectivity index (χ2v) is 10.7. The Balaban J connectivity index is 0.000000340. The first-order chi connectivity index (χ1) is 20.6. The zero-order chi connectivity index (χ0) is 31.8. The van der Waals surface area contributed by atoms with Crippen LogP contribution in [-0.4, -0.2) is 70.2 Å². The van der Waals surface area contributed by atoms with Crippen LogP contribution in [0.4, 0.5) is 0 Å². The maximum absolute atomic E-state index is 11.3. The molecule has 3 aromatic rings. The van der Waals surface area contributed by atoms with E-state index in [4.69, 9.17) is 20.3 Å². The highest BCUT2D eigenvalue weighted by molar-refractivity contribution is 6.37. The van der Waals surface area contributed by atoms with Crippen molar-refractivity contribution in [2.45, 2.75) is 90.6 Å². The molecule has 0 saturated carbocycles. The van der Waals surface area contributed by atoms with E-state index < -0.39 is 11.5 Å². The summed E-state index contributed by atoms with van der Waals surface area (Å²) >= 11 is 0. The molecule has 1 aliphatic rings. The van der Waals surface area contributed by atoms with Crippen molar-refractivity contribution in [3.8, 4) is 17.1 Å². The summed E-state index contributed by atoms with van der Waals surface area (Å²) in [5.41, 5.74) is 5.64. The van der Waals surface area contributed by atoms with Crippen molar-refractivity contribution in [1.82, 2.24) is 14.9 Å². The fourth-order valence-corrected chi connectivity index (χ4v) is 4.77. The fraction of sp³-hybridized carbons (Fsp3) is 0.545. The molecule has 1 fully saturated rings. The summed E-state index contributed by atoms with van der Waals surface area (Å²) in [7, 11) is 3.63. The number of fused-ring (bicyclic) bond motifs is 1. The number of carbonyl (C=O) groups is 2. The molecule has 4 rings (SSSR count). The van der Waals surface area contributed by atoms with E-state index in [1.165, 1.54) is 0 Å². The number of rotatable bonds is 13. The summed E-state index contributed by atoms with van der Waals surface area (Å²) in [6, 6.07) is 7.88. The number of methoxy groups -OCH3 is 1. The van der Waals surface area contributed by atoms with Gasteiger partial charge in [-0.05, 0) is 44.9 Å². The van der Waals surface area contributed by atoms with Crippen molar-refractivity contribution < 1.29 is 23.8 Å². The number of hydrogen-bond acceptors (Lipinski definition) is 9.